The molecule has 108 valence electrons. The minimum Gasteiger partial charge on any atom is -0.468 e. The third kappa shape index (κ3) is 3.17. The van der Waals surface area contributed by atoms with Crippen LogP contribution in [0, 0.1) is 0 Å². The first-order chi connectivity index (χ1) is 9.52. The molecule has 2 aromatic heterocycles. The van der Waals surface area contributed by atoms with E-state index in [1.165, 1.54) is 7.11 Å². The lowest BCUT2D eigenvalue weighted by molar-refractivity contribution is -0.145. The van der Waals surface area contributed by atoms with E-state index in [0.717, 1.165) is 15.8 Å². The van der Waals surface area contributed by atoms with Crippen LogP contribution in [0.4, 0.5) is 0 Å². The maximum absolute atomic E-state index is 11.6. The molecule has 0 saturated carbocycles. The van der Waals surface area contributed by atoms with Gasteiger partial charge in [0.05, 0.1) is 25.1 Å². The van der Waals surface area contributed by atoms with Crippen molar-refractivity contribution in [2.45, 2.75) is 25.6 Å². The molecule has 0 spiro atoms. The number of nitrogens with zero attached hydrogens (tertiary/aromatic N) is 2. The van der Waals surface area contributed by atoms with Crippen molar-refractivity contribution in [1.82, 2.24) is 14.7 Å². The van der Waals surface area contributed by atoms with E-state index in [2.05, 4.69) is 31.0 Å². The number of carbonyl (C=O) groups excluding carboxylic acids is 1. The third-order valence-electron chi connectivity index (χ3n) is 2.99. The SMILES string of the molecule is COC(=O)C(NCc1cnc2ccc(Br)cn12)C(C)O. The van der Waals surface area contributed by atoms with Crippen molar-refractivity contribution in [3.8, 4) is 0 Å². The summed E-state index contributed by atoms with van der Waals surface area (Å²) in [5.41, 5.74) is 1.70. The zero-order valence-corrected chi connectivity index (χ0v) is 12.8. The number of aliphatic hydroxyl groups is 1. The number of methoxy groups -OCH3 is 1. The van der Waals surface area contributed by atoms with Crippen LogP contribution in [0.5, 0.6) is 0 Å². The average Bonchev–Trinajstić information content (AvgIpc) is 2.80. The number of rotatable bonds is 5. The Morgan fingerprint density at radius 3 is 3.00 bits per heavy atom. The summed E-state index contributed by atoms with van der Waals surface area (Å²) in [6.45, 7) is 1.93. The molecular formula is C13H16BrN3O3. The van der Waals surface area contributed by atoms with Gasteiger partial charge in [0.1, 0.15) is 11.7 Å². The molecule has 2 heterocycles. The fourth-order valence-corrected chi connectivity index (χ4v) is 2.27. The molecule has 0 aromatic carbocycles. The molecule has 0 amide bonds. The Hall–Kier alpha value is -1.44. The van der Waals surface area contributed by atoms with Crippen LogP contribution in [0.25, 0.3) is 5.65 Å². The molecule has 20 heavy (non-hydrogen) atoms. The first-order valence-electron chi connectivity index (χ1n) is 6.13. The van der Waals surface area contributed by atoms with E-state index in [1.807, 2.05) is 22.7 Å². The highest BCUT2D eigenvalue weighted by molar-refractivity contribution is 9.10. The monoisotopic (exact) mass is 341 g/mol. The topological polar surface area (TPSA) is 75.9 Å². The Morgan fingerprint density at radius 2 is 2.35 bits per heavy atom. The molecule has 0 fully saturated rings. The maximum atomic E-state index is 11.6. The lowest BCUT2D eigenvalue weighted by atomic mass is 10.2. The largest absolute Gasteiger partial charge is 0.468 e. The number of imidazole rings is 1. The average molecular weight is 342 g/mol. The van der Waals surface area contributed by atoms with Crippen LogP contribution in [-0.2, 0) is 16.1 Å². The van der Waals surface area contributed by atoms with Gasteiger partial charge in [-0.05, 0) is 35.0 Å². The number of halogens is 1. The van der Waals surface area contributed by atoms with Gasteiger partial charge in [-0.15, -0.1) is 0 Å². The van der Waals surface area contributed by atoms with E-state index in [0.29, 0.717) is 6.54 Å². The first-order valence-corrected chi connectivity index (χ1v) is 6.93. The number of carbonyl (C=O) groups is 1. The summed E-state index contributed by atoms with van der Waals surface area (Å²) in [6, 6.07) is 3.03. The quantitative estimate of drug-likeness (QED) is 0.796. The number of esters is 1. The van der Waals surface area contributed by atoms with Gasteiger partial charge in [-0.1, -0.05) is 0 Å². The van der Waals surface area contributed by atoms with Gasteiger partial charge < -0.3 is 14.2 Å². The molecule has 2 rings (SSSR count). The van der Waals surface area contributed by atoms with E-state index in [9.17, 15) is 9.90 Å². The number of ether oxygens (including phenoxy) is 1. The van der Waals surface area contributed by atoms with Crippen molar-refractivity contribution in [3.05, 3.63) is 34.7 Å². The predicted molar refractivity (Wildman–Crippen MR) is 77.2 cm³/mol. The number of pyridine rings is 1. The third-order valence-corrected chi connectivity index (χ3v) is 3.46. The molecule has 0 aliphatic rings. The number of aromatic nitrogens is 2. The molecule has 0 radical (unpaired) electrons. The summed E-state index contributed by atoms with van der Waals surface area (Å²) in [5, 5.41) is 12.6. The lowest BCUT2D eigenvalue weighted by Crippen LogP contribution is -2.45. The summed E-state index contributed by atoms with van der Waals surface area (Å²) >= 11 is 3.41. The van der Waals surface area contributed by atoms with Crippen LogP contribution in [-0.4, -0.2) is 39.7 Å². The van der Waals surface area contributed by atoms with Crippen LogP contribution in [0.3, 0.4) is 0 Å². The van der Waals surface area contributed by atoms with Gasteiger partial charge in [0, 0.05) is 17.2 Å². The van der Waals surface area contributed by atoms with Gasteiger partial charge in [0.25, 0.3) is 0 Å². The summed E-state index contributed by atoms with van der Waals surface area (Å²) in [7, 11) is 1.30. The van der Waals surface area contributed by atoms with E-state index in [-0.39, 0.29) is 0 Å². The lowest BCUT2D eigenvalue weighted by Gasteiger charge is -2.18. The molecule has 2 N–H and O–H groups in total. The number of hydrogen-bond donors (Lipinski definition) is 2. The number of fused-ring (bicyclic) bond motifs is 1. The minimum absolute atomic E-state index is 0.391. The van der Waals surface area contributed by atoms with Crippen molar-refractivity contribution in [3.63, 3.8) is 0 Å². The fraction of sp³-hybridized carbons (Fsp3) is 0.385. The van der Waals surface area contributed by atoms with Crippen LogP contribution in [0.15, 0.2) is 29.0 Å². The van der Waals surface area contributed by atoms with Crippen molar-refractivity contribution in [2.75, 3.05) is 7.11 Å². The fourth-order valence-electron chi connectivity index (χ4n) is 1.93. The molecule has 0 aliphatic heterocycles. The van der Waals surface area contributed by atoms with Crippen molar-refractivity contribution in [2.24, 2.45) is 0 Å². The molecule has 0 aliphatic carbocycles. The van der Waals surface area contributed by atoms with Crippen LogP contribution < -0.4 is 5.32 Å². The van der Waals surface area contributed by atoms with Crippen LogP contribution >= 0.6 is 15.9 Å². The summed E-state index contributed by atoms with van der Waals surface area (Å²) in [4.78, 5) is 15.8. The Morgan fingerprint density at radius 1 is 1.60 bits per heavy atom. The van der Waals surface area contributed by atoms with Crippen molar-refractivity contribution < 1.29 is 14.6 Å². The highest BCUT2D eigenvalue weighted by Gasteiger charge is 2.24. The standard InChI is InChI=1S/C13H16BrN3O3/c1-8(18)12(13(19)20-2)16-6-10-5-15-11-4-3-9(14)7-17(10)11/h3-5,7-8,12,16,18H,6H2,1-2H3. The molecule has 0 bridgehead atoms. The number of hydrogen-bond acceptors (Lipinski definition) is 5. The molecule has 7 heteroatoms. The van der Waals surface area contributed by atoms with E-state index >= 15 is 0 Å². The molecule has 6 nitrogen and oxygen atoms in total. The van der Waals surface area contributed by atoms with Crippen molar-refractivity contribution in [1.29, 1.82) is 0 Å². The Bertz CT molecular complexity index is 612. The predicted octanol–water partition coefficient (Wildman–Crippen LogP) is 1.11. The minimum atomic E-state index is -0.839. The number of aliphatic hydroxyl groups excluding tert-OH is 1. The van der Waals surface area contributed by atoms with Gasteiger partial charge in [-0.25, -0.2) is 4.98 Å². The van der Waals surface area contributed by atoms with Crippen LogP contribution in [0.2, 0.25) is 0 Å². The Labute approximate surface area is 124 Å². The summed E-state index contributed by atoms with van der Waals surface area (Å²) in [5.74, 6) is -0.491. The first kappa shape index (κ1) is 15.0. The Kier molecular flexibility index (Phi) is 4.74. The van der Waals surface area contributed by atoms with Gasteiger partial charge in [0.15, 0.2) is 0 Å². The highest BCUT2D eigenvalue weighted by Crippen LogP contribution is 2.13. The zero-order chi connectivity index (χ0) is 14.7. The second-order valence-corrected chi connectivity index (χ2v) is 5.36. The molecule has 2 atom stereocenters. The summed E-state index contributed by atoms with van der Waals surface area (Å²) in [6.07, 6.45) is 2.79. The van der Waals surface area contributed by atoms with Gasteiger partial charge in [-0.3, -0.25) is 10.1 Å². The smallest absolute Gasteiger partial charge is 0.325 e. The van der Waals surface area contributed by atoms with Gasteiger partial charge in [0.2, 0.25) is 0 Å². The van der Waals surface area contributed by atoms with Crippen molar-refractivity contribution >= 4 is 27.5 Å². The molecule has 2 aromatic rings. The number of nitrogens with one attached hydrogen (secondary N) is 1. The Balaban J connectivity index is 2.15. The van der Waals surface area contributed by atoms with Crippen LogP contribution in [0.1, 0.15) is 12.6 Å². The second-order valence-electron chi connectivity index (χ2n) is 4.45. The molecule has 0 saturated heterocycles. The zero-order valence-electron chi connectivity index (χ0n) is 11.2. The second kappa shape index (κ2) is 6.34. The highest BCUT2D eigenvalue weighted by atomic mass is 79.9. The maximum Gasteiger partial charge on any atom is 0.325 e. The summed E-state index contributed by atoms with van der Waals surface area (Å²) < 4.78 is 7.50. The molecule has 2 unspecified atom stereocenters. The van der Waals surface area contributed by atoms with E-state index < -0.39 is 18.1 Å². The van der Waals surface area contributed by atoms with Gasteiger partial charge in [-0.2, -0.15) is 0 Å². The normalized spacial score (nSPS) is 14.2. The van der Waals surface area contributed by atoms with E-state index in [4.69, 9.17) is 0 Å². The van der Waals surface area contributed by atoms with Gasteiger partial charge >= 0.3 is 5.97 Å². The molecular weight excluding hydrogens is 326 g/mol. The van der Waals surface area contributed by atoms with E-state index in [1.54, 1.807) is 13.1 Å².